The lowest BCUT2D eigenvalue weighted by molar-refractivity contribution is 0.0976. The maximum Gasteiger partial charge on any atom is 0.282 e. The van der Waals surface area contributed by atoms with Gasteiger partial charge >= 0.3 is 0 Å². The Labute approximate surface area is 180 Å². The smallest absolute Gasteiger partial charge is 0.282 e. The number of pyridine rings is 1. The summed E-state index contributed by atoms with van der Waals surface area (Å²) < 4.78 is 19.7. The largest absolute Gasteiger partial charge is 0.355 e. The number of hydrogen-bond acceptors (Lipinski definition) is 6. The van der Waals surface area contributed by atoms with Crippen molar-refractivity contribution >= 4 is 32.6 Å². The van der Waals surface area contributed by atoms with Crippen molar-refractivity contribution in [2.24, 2.45) is 0 Å². The van der Waals surface area contributed by atoms with Gasteiger partial charge in [-0.05, 0) is 30.3 Å². The molecule has 6 nitrogen and oxygen atoms in total. The van der Waals surface area contributed by atoms with Gasteiger partial charge in [0.05, 0.1) is 22.5 Å². The lowest BCUT2D eigenvalue weighted by atomic mass is 10.1. The highest BCUT2D eigenvalue weighted by Crippen LogP contribution is 2.31. The summed E-state index contributed by atoms with van der Waals surface area (Å²) in [6.45, 7) is 0.190. The molecule has 0 spiro atoms. The molecule has 0 saturated carbocycles. The lowest BCUT2D eigenvalue weighted by Gasteiger charge is -2.18. The topological polar surface area (TPSA) is 72.1 Å². The molecule has 0 N–H and O–H groups in total. The Hall–Kier alpha value is -3.91. The van der Waals surface area contributed by atoms with Gasteiger partial charge in [-0.15, -0.1) is 0 Å². The Balaban J connectivity index is 1.53. The van der Waals surface area contributed by atoms with E-state index >= 15 is 0 Å². The summed E-state index contributed by atoms with van der Waals surface area (Å²) >= 11 is 1.23. The molecule has 3 heterocycles. The first-order valence-corrected chi connectivity index (χ1v) is 10.3. The van der Waals surface area contributed by atoms with Crippen LogP contribution in [0.5, 0.6) is 0 Å². The first-order valence-electron chi connectivity index (χ1n) is 9.47. The van der Waals surface area contributed by atoms with Crippen LogP contribution >= 0.6 is 11.3 Å². The van der Waals surface area contributed by atoms with E-state index in [-0.39, 0.29) is 24.0 Å². The van der Waals surface area contributed by atoms with Gasteiger partial charge in [0.15, 0.2) is 16.6 Å². The van der Waals surface area contributed by atoms with Crippen LogP contribution in [0.4, 0.5) is 9.52 Å². The Kier molecular flexibility index (Phi) is 4.97. The van der Waals surface area contributed by atoms with Gasteiger partial charge in [0, 0.05) is 17.8 Å². The van der Waals surface area contributed by atoms with E-state index in [4.69, 9.17) is 4.52 Å². The Morgan fingerprint density at radius 2 is 1.87 bits per heavy atom. The number of halogens is 1. The summed E-state index contributed by atoms with van der Waals surface area (Å²) in [4.78, 5) is 23.7. The maximum absolute atomic E-state index is 13.6. The van der Waals surface area contributed by atoms with Crippen LogP contribution in [-0.4, -0.2) is 21.0 Å². The first kappa shape index (κ1) is 19.1. The minimum Gasteiger partial charge on any atom is -0.355 e. The fraction of sp³-hybridized carbons (Fsp3) is 0.0435. The third-order valence-corrected chi connectivity index (χ3v) is 5.69. The van der Waals surface area contributed by atoms with Gasteiger partial charge in [-0.1, -0.05) is 52.9 Å². The molecule has 0 aliphatic heterocycles. The summed E-state index contributed by atoms with van der Waals surface area (Å²) in [7, 11) is 0. The van der Waals surface area contributed by atoms with Crippen molar-refractivity contribution in [1.29, 1.82) is 0 Å². The summed E-state index contributed by atoms with van der Waals surface area (Å²) in [6, 6.07) is 20.9. The highest BCUT2D eigenvalue weighted by Gasteiger charge is 2.25. The van der Waals surface area contributed by atoms with Crippen LogP contribution in [0, 0.1) is 5.82 Å². The molecule has 0 bridgehead atoms. The van der Waals surface area contributed by atoms with Gasteiger partial charge in [0.1, 0.15) is 5.82 Å². The van der Waals surface area contributed by atoms with Crippen molar-refractivity contribution in [1.82, 2.24) is 15.1 Å². The van der Waals surface area contributed by atoms with Crippen LogP contribution in [0.3, 0.4) is 0 Å². The fourth-order valence-electron chi connectivity index (χ4n) is 3.13. The quantitative estimate of drug-likeness (QED) is 0.377. The molecule has 0 saturated heterocycles. The molecule has 0 fully saturated rings. The molecule has 2 aromatic carbocycles. The summed E-state index contributed by atoms with van der Waals surface area (Å²) in [5.41, 5.74) is 2.28. The molecule has 1 amide bonds. The predicted molar refractivity (Wildman–Crippen MR) is 116 cm³/mol. The van der Waals surface area contributed by atoms with E-state index in [2.05, 4.69) is 15.1 Å². The molecule has 0 aliphatic carbocycles. The van der Waals surface area contributed by atoms with Crippen molar-refractivity contribution < 1.29 is 13.7 Å². The van der Waals surface area contributed by atoms with E-state index in [1.54, 1.807) is 24.4 Å². The number of carbonyl (C=O) groups is 1. The fourth-order valence-corrected chi connectivity index (χ4v) is 4.12. The number of amides is 1. The second kappa shape index (κ2) is 8.08. The lowest BCUT2D eigenvalue weighted by Crippen LogP contribution is -2.31. The van der Waals surface area contributed by atoms with Gasteiger partial charge in [0.25, 0.3) is 5.91 Å². The molecule has 31 heavy (non-hydrogen) atoms. The molecule has 0 unspecified atom stereocenters. The standard InChI is InChI=1S/C23H15FN4O2S/c24-16-9-10-18-21(12-16)31-23(26-18)28(14-17-8-4-5-11-25-17)22(29)19-13-20(30-27-19)15-6-2-1-3-7-15/h1-13H,14H2. The molecular weight excluding hydrogens is 415 g/mol. The third kappa shape index (κ3) is 3.93. The number of carbonyl (C=O) groups excluding carboxylic acids is 1. The number of anilines is 1. The first-order chi connectivity index (χ1) is 15.2. The van der Waals surface area contributed by atoms with E-state index in [0.717, 1.165) is 5.56 Å². The second-order valence-electron chi connectivity index (χ2n) is 6.76. The SMILES string of the molecule is O=C(c1cc(-c2ccccc2)on1)N(Cc1ccccn1)c1nc2ccc(F)cc2s1. The van der Waals surface area contributed by atoms with Gasteiger partial charge in [0.2, 0.25) is 0 Å². The van der Waals surface area contributed by atoms with Crippen molar-refractivity contribution in [3.8, 4) is 11.3 Å². The summed E-state index contributed by atoms with van der Waals surface area (Å²) in [5, 5.41) is 4.41. The van der Waals surface area contributed by atoms with Crippen LogP contribution in [0.1, 0.15) is 16.2 Å². The number of fused-ring (bicyclic) bond motifs is 1. The Morgan fingerprint density at radius 1 is 1.03 bits per heavy atom. The molecule has 8 heteroatoms. The average molecular weight is 430 g/mol. The van der Waals surface area contributed by atoms with E-state index in [1.165, 1.54) is 28.4 Å². The number of benzene rings is 2. The Morgan fingerprint density at radius 3 is 2.68 bits per heavy atom. The van der Waals surface area contributed by atoms with E-state index in [1.807, 2.05) is 42.5 Å². The van der Waals surface area contributed by atoms with E-state index < -0.39 is 0 Å². The molecular formula is C23H15FN4O2S. The molecule has 0 aliphatic rings. The second-order valence-corrected chi connectivity index (χ2v) is 7.77. The normalized spacial score (nSPS) is 11.0. The van der Waals surface area contributed by atoms with Crippen LogP contribution in [0.15, 0.2) is 83.5 Å². The Bertz CT molecular complexity index is 1350. The third-order valence-electron chi connectivity index (χ3n) is 4.65. The summed E-state index contributed by atoms with van der Waals surface area (Å²) in [6.07, 6.45) is 1.66. The van der Waals surface area contributed by atoms with Crippen molar-refractivity contribution in [3.63, 3.8) is 0 Å². The van der Waals surface area contributed by atoms with Gasteiger partial charge in [-0.2, -0.15) is 0 Å². The van der Waals surface area contributed by atoms with Crippen molar-refractivity contribution in [3.05, 3.63) is 96.2 Å². The average Bonchev–Trinajstić information content (AvgIpc) is 3.45. The predicted octanol–water partition coefficient (Wildman–Crippen LogP) is 5.33. The zero-order valence-electron chi connectivity index (χ0n) is 16.1. The molecule has 5 aromatic rings. The minimum atomic E-state index is -0.379. The van der Waals surface area contributed by atoms with E-state index in [0.29, 0.717) is 26.8 Å². The maximum atomic E-state index is 13.6. The highest BCUT2D eigenvalue weighted by atomic mass is 32.1. The number of hydrogen-bond donors (Lipinski definition) is 0. The zero-order chi connectivity index (χ0) is 21.2. The van der Waals surface area contributed by atoms with Crippen molar-refractivity contribution in [2.75, 3.05) is 4.90 Å². The van der Waals surface area contributed by atoms with Gasteiger partial charge < -0.3 is 4.52 Å². The molecule has 0 radical (unpaired) electrons. The number of rotatable bonds is 5. The molecule has 152 valence electrons. The van der Waals surface area contributed by atoms with Crippen molar-refractivity contribution in [2.45, 2.75) is 6.54 Å². The molecule has 5 rings (SSSR count). The van der Waals surface area contributed by atoms with Crippen LogP contribution in [0.25, 0.3) is 21.5 Å². The minimum absolute atomic E-state index is 0.153. The van der Waals surface area contributed by atoms with Gasteiger partial charge in [-0.3, -0.25) is 14.7 Å². The van der Waals surface area contributed by atoms with Crippen LogP contribution in [-0.2, 0) is 6.54 Å². The molecule has 0 atom stereocenters. The summed E-state index contributed by atoms with van der Waals surface area (Å²) in [5.74, 6) is -0.237. The van der Waals surface area contributed by atoms with E-state index in [9.17, 15) is 9.18 Å². The van der Waals surface area contributed by atoms with Crippen LogP contribution < -0.4 is 4.90 Å². The number of thiazole rings is 1. The van der Waals surface area contributed by atoms with Crippen LogP contribution in [0.2, 0.25) is 0 Å². The number of aromatic nitrogens is 3. The highest BCUT2D eigenvalue weighted by molar-refractivity contribution is 7.22. The number of nitrogens with zero attached hydrogens (tertiary/aromatic N) is 4. The monoisotopic (exact) mass is 430 g/mol. The molecule has 3 aromatic heterocycles. The van der Waals surface area contributed by atoms with Gasteiger partial charge in [-0.25, -0.2) is 9.37 Å². The zero-order valence-corrected chi connectivity index (χ0v) is 16.9.